The molecule has 0 aliphatic rings. The van der Waals surface area contributed by atoms with Crippen LogP contribution in [0.3, 0.4) is 0 Å². The van der Waals surface area contributed by atoms with Crippen LogP contribution in [0.4, 0.5) is 10.3 Å². The van der Waals surface area contributed by atoms with Gasteiger partial charge in [0.2, 0.25) is 5.95 Å². The monoisotopic (exact) mass is 361 g/mol. The van der Waals surface area contributed by atoms with E-state index in [2.05, 4.69) is 10.3 Å². The Labute approximate surface area is 148 Å². The number of hydrogen-bond donors (Lipinski definition) is 2. The number of hydrogen-bond acceptors (Lipinski definition) is 5. The molecule has 0 radical (unpaired) electrons. The second kappa shape index (κ2) is 7.12. The van der Waals surface area contributed by atoms with Crippen molar-refractivity contribution in [3.63, 3.8) is 0 Å². The topological polar surface area (TPSA) is 94.1 Å². The molecular formula is C17H20FN5O3. The Kier molecular flexibility index (Phi) is 4.90. The number of fused-ring (bicyclic) bond motifs is 1. The molecule has 0 amide bonds. The van der Waals surface area contributed by atoms with Crippen molar-refractivity contribution in [3.8, 4) is 0 Å². The zero-order valence-electron chi connectivity index (χ0n) is 14.6. The molecule has 0 unspecified atom stereocenters. The number of imidazole rings is 1. The molecule has 0 saturated heterocycles. The number of rotatable bonds is 6. The molecule has 0 fully saturated rings. The lowest BCUT2D eigenvalue weighted by Crippen LogP contribution is -2.39. The van der Waals surface area contributed by atoms with Crippen LogP contribution in [-0.4, -0.2) is 36.9 Å². The molecule has 26 heavy (non-hydrogen) atoms. The van der Waals surface area contributed by atoms with Gasteiger partial charge in [-0.3, -0.25) is 13.9 Å². The highest BCUT2D eigenvalue weighted by atomic mass is 19.1. The quantitative estimate of drug-likeness (QED) is 0.621. The van der Waals surface area contributed by atoms with Gasteiger partial charge >= 0.3 is 5.69 Å². The number of aliphatic hydroxyl groups is 1. The lowest BCUT2D eigenvalue weighted by molar-refractivity contribution is 0.292. The largest absolute Gasteiger partial charge is 0.396 e. The van der Waals surface area contributed by atoms with Crippen LogP contribution in [0.5, 0.6) is 0 Å². The molecule has 0 aliphatic carbocycles. The van der Waals surface area contributed by atoms with Gasteiger partial charge in [0.25, 0.3) is 5.56 Å². The molecule has 138 valence electrons. The first-order valence-electron chi connectivity index (χ1n) is 8.19. The maximum Gasteiger partial charge on any atom is 0.332 e. The fraction of sp³-hybridized carbons (Fsp3) is 0.353. The zero-order chi connectivity index (χ0) is 18.8. The lowest BCUT2D eigenvalue weighted by atomic mass is 10.2. The number of nitrogens with one attached hydrogen (secondary N) is 1. The molecule has 0 bridgehead atoms. The van der Waals surface area contributed by atoms with Crippen molar-refractivity contribution in [2.75, 3.05) is 18.5 Å². The maximum absolute atomic E-state index is 13.1. The number of anilines is 1. The van der Waals surface area contributed by atoms with Crippen LogP contribution in [0.25, 0.3) is 11.2 Å². The molecule has 2 heterocycles. The number of aryl methyl sites for hydroxylation is 2. The standard InChI is InChI=1S/C17H20FN5O3/c1-21-13-14(20-16(21)19-8-3-9-24)22(2)17(26)23(15(13)25)10-11-4-6-12(18)7-5-11/h4-7,24H,3,8-10H2,1-2H3,(H,19,20). The van der Waals surface area contributed by atoms with Crippen LogP contribution in [-0.2, 0) is 20.6 Å². The van der Waals surface area contributed by atoms with E-state index >= 15 is 0 Å². The first-order chi connectivity index (χ1) is 12.4. The summed E-state index contributed by atoms with van der Waals surface area (Å²) in [6.45, 7) is 0.575. The van der Waals surface area contributed by atoms with Crippen molar-refractivity contribution in [1.82, 2.24) is 18.7 Å². The number of aromatic nitrogens is 4. The Hall–Kier alpha value is -2.94. The first-order valence-corrected chi connectivity index (χ1v) is 8.19. The summed E-state index contributed by atoms with van der Waals surface area (Å²) in [6, 6.07) is 5.65. The van der Waals surface area contributed by atoms with Crippen molar-refractivity contribution in [2.45, 2.75) is 13.0 Å². The average Bonchev–Trinajstić information content (AvgIpc) is 2.96. The summed E-state index contributed by atoms with van der Waals surface area (Å²) in [4.78, 5) is 29.8. The van der Waals surface area contributed by atoms with E-state index < -0.39 is 11.2 Å². The summed E-state index contributed by atoms with van der Waals surface area (Å²) >= 11 is 0. The summed E-state index contributed by atoms with van der Waals surface area (Å²) in [6.07, 6.45) is 0.539. The van der Waals surface area contributed by atoms with Crippen LogP contribution in [0.1, 0.15) is 12.0 Å². The molecule has 8 nitrogen and oxygen atoms in total. The molecule has 9 heteroatoms. The average molecular weight is 361 g/mol. The van der Waals surface area contributed by atoms with Gasteiger partial charge in [-0.1, -0.05) is 12.1 Å². The predicted octanol–water partition coefficient (Wildman–Crippen LogP) is 0.415. The highest BCUT2D eigenvalue weighted by Gasteiger charge is 2.18. The highest BCUT2D eigenvalue weighted by Crippen LogP contribution is 2.13. The van der Waals surface area contributed by atoms with E-state index in [4.69, 9.17) is 5.11 Å². The van der Waals surface area contributed by atoms with Gasteiger partial charge in [0.15, 0.2) is 11.2 Å². The first kappa shape index (κ1) is 17.9. The SMILES string of the molecule is Cn1c(NCCCO)nc2c1c(=O)n(Cc1ccc(F)cc1)c(=O)n2C. The number of benzene rings is 1. The van der Waals surface area contributed by atoms with E-state index in [0.717, 1.165) is 4.57 Å². The highest BCUT2D eigenvalue weighted by molar-refractivity contribution is 5.74. The van der Waals surface area contributed by atoms with Crippen LogP contribution >= 0.6 is 0 Å². The van der Waals surface area contributed by atoms with Crippen molar-refractivity contribution in [2.24, 2.45) is 14.1 Å². The Morgan fingerprint density at radius 1 is 1.15 bits per heavy atom. The Balaban J connectivity index is 2.10. The molecule has 0 atom stereocenters. The van der Waals surface area contributed by atoms with E-state index in [1.54, 1.807) is 18.7 Å². The van der Waals surface area contributed by atoms with E-state index in [0.29, 0.717) is 30.0 Å². The van der Waals surface area contributed by atoms with Crippen molar-refractivity contribution in [3.05, 3.63) is 56.5 Å². The third-order valence-corrected chi connectivity index (χ3v) is 4.23. The molecule has 0 saturated carbocycles. The summed E-state index contributed by atoms with van der Waals surface area (Å²) in [5.74, 6) is 0.0646. The van der Waals surface area contributed by atoms with Crippen molar-refractivity contribution >= 4 is 17.1 Å². The molecule has 3 aromatic rings. The van der Waals surface area contributed by atoms with Gasteiger partial charge in [-0.2, -0.15) is 4.98 Å². The van der Waals surface area contributed by atoms with E-state index in [1.165, 1.54) is 28.8 Å². The minimum Gasteiger partial charge on any atom is -0.396 e. The fourth-order valence-electron chi connectivity index (χ4n) is 2.79. The molecule has 2 N–H and O–H groups in total. The number of nitrogens with zero attached hydrogens (tertiary/aromatic N) is 4. The fourth-order valence-corrected chi connectivity index (χ4v) is 2.79. The molecule has 3 rings (SSSR count). The molecular weight excluding hydrogens is 341 g/mol. The van der Waals surface area contributed by atoms with Crippen LogP contribution < -0.4 is 16.6 Å². The van der Waals surface area contributed by atoms with Gasteiger partial charge in [-0.15, -0.1) is 0 Å². The third-order valence-electron chi connectivity index (χ3n) is 4.23. The van der Waals surface area contributed by atoms with Gasteiger partial charge in [0, 0.05) is 27.2 Å². The minimum absolute atomic E-state index is 0.0416. The van der Waals surface area contributed by atoms with Crippen molar-refractivity contribution in [1.29, 1.82) is 0 Å². The second-order valence-corrected chi connectivity index (χ2v) is 6.03. The summed E-state index contributed by atoms with van der Waals surface area (Å²) in [5, 5.41) is 11.9. The number of halogens is 1. The third kappa shape index (κ3) is 3.13. The maximum atomic E-state index is 13.1. The molecule has 0 spiro atoms. The van der Waals surface area contributed by atoms with Gasteiger partial charge in [0.1, 0.15) is 5.82 Å². The normalized spacial score (nSPS) is 11.2. The predicted molar refractivity (Wildman–Crippen MR) is 95.9 cm³/mol. The van der Waals surface area contributed by atoms with Crippen LogP contribution in [0.15, 0.2) is 33.9 Å². The minimum atomic E-state index is -0.494. The zero-order valence-corrected chi connectivity index (χ0v) is 14.6. The van der Waals surface area contributed by atoms with E-state index in [1.807, 2.05) is 0 Å². The van der Waals surface area contributed by atoms with Gasteiger partial charge in [-0.25, -0.2) is 9.18 Å². The molecule has 0 aliphatic heterocycles. The van der Waals surface area contributed by atoms with Crippen LogP contribution in [0, 0.1) is 5.82 Å². The summed E-state index contributed by atoms with van der Waals surface area (Å²) < 4.78 is 17.1. The number of aliphatic hydroxyl groups excluding tert-OH is 1. The van der Waals surface area contributed by atoms with Gasteiger partial charge < -0.3 is 15.0 Å². The Morgan fingerprint density at radius 2 is 1.85 bits per heavy atom. The Bertz CT molecular complexity index is 1050. The van der Waals surface area contributed by atoms with Gasteiger partial charge in [-0.05, 0) is 24.1 Å². The summed E-state index contributed by atoms with van der Waals surface area (Å²) in [5.41, 5.74) is 0.267. The Morgan fingerprint density at radius 3 is 2.50 bits per heavy atom. The van der Waals surface area contributed by atoms with Gasteiger partial charge in [0.05, 0.1) is 6.54 Å². The lowest BCUT2D eigenvalue weighted by Gasteiger charge is -2.09. The van der Waals surface area contributed by atoms with Crippen molar-refractivity contribution < 1.29 is 9.50 Å². The molecule has 2 aromatic heterocycles. The van der Waals surface area contributed by atoms with E-state index in [-0.39, 0.29) is 24.6 Å². The van der Waals surface area contributed by atoms with Crippen LogP contribution in [0.2, 0.25) is 0 Å². The van der Waals surface area contributed by atoms with E-state index in [9.17, 15) is 14.0 Å². The second-order valence-electron chi connectivity index (χ2n) is 6.03. The smallest absolute Gasteiger partial charge is 0.332 e. The summed E-state index contributed by atoms with van der Waals surface area (Å²) in [7, 11) is 3.24. The molecule has 1 aromatic carbocycles.